The number of anilines is 1. The lowest BCUT2D eigenvalue weighted by atomic mass is 10.0. The number of aryl methyl sites for hydroxylation is 1. The monoisotopic (exact) mass is 438 g/mol. The van der Waals surface area contributed by atoms with Crippen molar-refractivity contribution in [3.05, 3.63) is 87.8 Å². The molecule has 1 fully saturated rings. The summed E-state index contributed by atoms with van der Waals surface area (Å²) in [6.07, 6.45) is 1.69. The van der Waals surface area contributed by atoms with Crippen molar-refractivity contribution in [2.45, 2.75) is 13.0 Å². The fourth-order valence-electron chi connectivity index (χ4n) is 3.47. The summed E-state index contributed by atoms with van der Waals surface area (Å²) in [6.45, 7) is 4.37. The molecule has 0 radical (unpaired) electrons. The van der Waals surface area contributed by atoms with Crippen molar-refractivity contribution in [1.29, 1.82) is 0 Å². The van der Waals surface area contributed by atoms with Crippen LogP contribution in [0.4, 0.5) is 5.82 Å². The quantitative estimate of drug-likeness (QED) is 0.619. The third-order valence-corrected chi connectivity index (χ3v) is 5.40. The minimum Gasteiger partial charge on any atom is -0.353 e. The van der Waals surface area contributed by atoms with E-state index in [-0.39, 0.29) is 13.3 Å². The van der Waals surface area contributed by atoms with Gasteiger partial charge in [0, 0.05) is 49.0 Å². The van der Waals surface area contributed by atoms with E-state index in [1.165, 1.54) is 5.56 Å². The lowest BCUT2D eigenvalue weighted by Crippen LogP contribution is -2.46. The van der Waals surface area contributed by atoms with Crippen LogP contribution in [0, 0.1) is 6.92 Å². The Morgan fingerprint density at radius 2 is 2.04 bits per heavy atom. The van der Waals surface area contributed by atoms with Crippen LogP contribution in [0.2, 0.25) is 0 Å². The van der Waals surface area contributed by atoms with E-state index < -0.39 is 0 Å². The van der Waals surface area contributed by atoms with Crippen molar-refractivity contribution in [2.75, 3.05) is 24.5 Å². The van der Waals surface area contributed by atoms with Gasteiger partial charge >= 0.3 is 0 Å². The average Bonchev–Trinajstić information content (AvgIpc) is 2.76. The molecule has 0 bridgehead atoms. The van der Waals surface area contributed by atoms with Crippen LogP contribution in [0.5, 0.6) is 0 Å². The Hall–Kier alpha value is -2.57. The lowest BCUT2D eigenvalue weighted by Gasteiger charge is -2.35. The summed E-state index contributed by atoms with van der Waals surface area (Å²) >= 11 is 3.39. The first-order valence-electron chi connectivity index (χ1n) is 9.29. The maximum absolute atomic E-state index is 13.0. The molecule has 1 saturated heterocycles. The highest BCUT2D eigenvalue weighted by Crippen LogP contribution is 2.23. The van der Waals surface area contributed by atoms with Crippen LogP contribution < -0.4 is 10.2 Å². The van der Waals surface area contributed by atoms with Crippen LogP contribution in [-0.2, 0) is 0 Å². The highest BCUT2D eigenvalue weighted by Gasteiger charge is 2.23. The molecule has 1 atom stereocenters. The van der Waals surface area contributed by atoms with Crippen LogP contribution in [0.25, 0.3) is 0 Å². The second-order valence-electron chi connectivity index (χ2n) is 6.86. The van der Waals surface area contributed by atoms with Crippen LogP contribution in [0.3, 0.4) is 0 Å². The number of carbonyl (C=O) groups is 1. The summed E-state index contributed by atoms with van der Waals surface area (Å²) < 4.78 is 0.783. The second-order valence-corrected chi connectivity index (χ2v) is 7.78. The molecule has 2 aromatic heterocycles. The molecule has 6 heteroatoms. The Kier molecular flexibility index (Phi) is 5.50. The molecule has 1 unspecified atom stereocenters. The van der Waals surface area contributed by atoms with Crippen LogP contribution in [-0.4, -0.2) is 35.4 Å². The van der Waals surface area contributed by atoms with E-state index >= 15 is 0 Å². The van der Waals surface area contributed by atoms with E-state index in [0.717, 1.165) is 29.9 Å². The maximum Gasteiger partial charge on any atom is 0.213 e. The molecule has 1 N–H and O–H groups in total. The van der Waals surface area contributed by atoms with Crippen LogP contribution in [0.15, 0.2) is 65.3 Å². The number of aromatic nitrogens is 2. The molecule has 0 spiro atoms. The van der Waals surface area contributed by atoms with E-state index in [1.807, 2.05) is 25.1 Å². The van der Waals surface area contributed by atoms with Gasteiger partial charge in [-0.05, 0) is 46.6 Å². The molecule has 1 aliphatic rings. The Balaban J connectivity index is 0.00000240. The number of carbonyl (C=O) groups excluding carboxylic acids is 1. The fourth-order valence-corrected chi connectivity index (χ4v) is 3.80. The van der Waals surface area contributed by atoms with E-state index in [2.05, 4.69) is 60.4 Å². The van der Waals surface area contributed by atoms with Gasteiger partial charge in [0.25, 0.3) is 0 Å². The van der Waals surface area contributed by atoms with Crippen LogP contribution >= 0.6 is 15.9 Å². The zero-order chi connectivity index (χ0) is 19.5. The largest absolute Gasteiger partial charge is 0.353 e. The molecular weight excluding hydrogens is 416 g/mol. The van der Waals surface area contributed by atoms with Gasteiger partial charge in [-0.2, -0.15) is 0 Å². The Labute approximate surface area is 174 Å². The van der Waals surface area contributed by atoms with Crippen molar-refractivity contribution in [3.63, 3.8) is 0 Å². The van der Waals surface area contributed by atoms with Gasteiger partial charge < -0.3 is 10.2 Å². The molecule has 5 nitrogen and oxygen atoms in total. The highest BCUT2D eigenvalue weighted by molar-refractivity contribution is 9.10. The average molecular weight is 439 g/mol. The Morgan fingerprint density at radius 1 is 1.21 bits per heavy atom. The van der Waals surface area contributed by atoms with Gasteiger partial charge in [0.1, 0.15) is 11.5 Å². The molecule has 3 heterocycles. The predicted molar refractivity (Wildman–Crippen MR) is 116 cm³/mol. The van der Waals surface area contributed by atoms with Crippen molar-refractivity contribution < 1.29 is 6.22 Å². The fraction of sp³-hybridized carbons (Fsp3) is 0.227. The minimum absolute atomic E-state index is 0. The van der Waals surface area contributed by atoms with E-state index in [9.17, 15) is 4.79 Å². The molecule has 0 amide bonds. The smallest absolute Gasteiger partial charge is 0.213 e. The molecule has 1 aliphatic heterocycles. The van der Waals surface area contributed by atoms with Gasteiger partial charge in [-0.25, -0.2) is 4.98 Å². The van der Waals surface area contributed by atoms with Gasteiger partial charge in [0.05, 0.1) is 0 Å². The molecular formula is C22H23BrN4O. The number of pyridine rings is 2. The highest BCUT2D eigenvalue weighted by atomic mass is 79.9. The normalized spacial score (nSPS) is 16.8. The van der Waals surface area contributed by atoms with Crippen molar-refractivity contribution in [2.24, 2.45) is 0 Å². The first-order valence-corrected chi connectivity index (χ1v) is 10.1. The van der Waals surface area contributed by atoms with Gasteiger partial charge in [-0.15, -0.1) is 0 Å². The van der Waals surface area contributed by atoms with E-state index in [1.54, 1.807) is 18.3 Å². The van der Waals surface area contributed by atoms with Crippen molar-refractivity contribution in [1.82, 2.24) is 15.3 Å². The molecule has 0 aliphatic carbocycles. The number of ketones is 1. The summed E-state index contributed by atoms with van der Waals surface area (Å²) in [5, 5.41) is 3.56. The summed E-state index contributed by atoms with van der Waals surface area (Å²) in [4.78, 5) is 24.2. The number of nitrogens with one attached hydrogen (secondary N) is 1. The standard InChI is InChI=1S/C22H21BrN4O.H2/c1-15-18(12-17(23)13-25-15)22(28)19-8-5-9-21(26-19)27-11-10-24-20(14-27)16-6-3-2-4-7-16;/h2-9,12-13,20,24H,10-11,14H2,1H3;1H. The molecule has 28 heavy (non-hydrogen) atoms. The van der Waals surface area contributed by atoms with Gasteiger partial charge in [-0.3, -0.25) is 9.78 Å². The number of halogens is 1. The number of hydrogen-bond donors (Lipinski definition) is 1. The van der Waals surface area contributed by atoms with Gasteiger partial charge in [0.15, 0.2) is 0 Å². The van der Waals surface area contributed by atoms with Crippen LogP contribution in [0.1, 0.15) is 34.8 Å². The Bertz CT molecular complexity index is 999. The van der Waals surface area contributed by atoms with E-state index in [0.29, 0.717) is 17.0 Å². The zero-order valence-corrected chi connectivity index (χ0v) is 17.2. The third kappa shape index (κ3) is 3.98. The Morgan fingerprint density at radius 3 is 2.86 bits per heavy atom. The molecule has 4 rings (SSSR count). The minimum atomic E-state index is -0.108. The third-order valence-electron chi connectivity index (χ3n) is 4.97. The SMILES string of the molecule is Cc1ncc(Br)cc1C(=O)c1cccc(N2CCNC(c3ccccc3)C2)n1.[HH]. The molecule has 0 saturated carbocycles. The maximum atomic E-state index is 13.0. The number of nitrogens with zero attached hydrogens (tertiary/aromatic N) is 3. The molecule has 3 aromatic rings. The number of rotatable bonds is 4. The first-order chi connectivity index (χ1) is 13.6. The van der Waals surface area contributed by atoms with Crippen molar-refractivity contribution >= 4 is 27.5 Å². The lowest BCUT2D eigenvalue weighted by molar-refractivity contribution is 0.103. The summed E-state index contributed by atoms with van der Waals surface area (Å²) in [5.74, 6) is 0.719. The molecule has 1 aromatic carbocycles. The number of piperazine rings is 1. The zero-order valence-electron chi connectivity index (χ0n) is 15.6. The second kappa shape index (κ2) is 8.20. The molecule has 144 valence electrons. The number of benzene rings is 1. The summed E-state index contributed by atoms with van der Waals surface area (Å²) in [7, 11) is 0. The predicted octanol–water partition coefficient (Wildman–Crippen LogP) is 4.18. The summed E-state index contributed by atoms with van der Waals surface area (Å²) in [6, 6.07) is 18.1. The van der Waals surface area contributed by atoms with Gasteiger partial charge in [0.2, 0.25) is 5.78 Å². The van der Waals surface area contributed by atoms with E-state index in [4.69, 9.17) is 0 Å². The van der Waals surface area contributed by atoms with Gasteiger partial charge in [-0.1, -0.05) is 36.4 Å². The first kappa shape index (κ1) is 18.8. The van der Waals surface area contributed by atoms with Crippen molar-refractivity contribution in [3.8, 4) is 0 Å². The number of hydrogen-bond acceptors (Lipinski definition) is 5. The topological polar surface area (TPSA) is 58.1 Å². The summed E-state index contributed by atoms with van der Waals surface area (Å²) in [5.41, 5.74) is 2.97.